The standard InChI is InChI=1S/C20H24FN5O/c21-16-4-6-17(7-5-16)24-10-12-26(13-11-24)20(27)18-14-23-19(15-22-18)25-8-2-1-3-9-25/h4-7,14-15H,1-3,8-13H2. The number of nitrogens with zero attached hydrogens (tertiary/aromatic N) is 5. The Balaban J connectivity index is 1.35. The SMILES string of the molecule is O=C(c1cnc(N2CCCCC2)cn1)N1CCN(c2ccc(F)cc2)CC1. The average molecular weight is 369 g/mol. The zero-order valence-corrected chi connectivity index (χ0v) is 15.4. The van der Waals surface area contributed by atoms with Gasteiger partial charge >= 0.3 is 0 Å². The van der Waals surface area contributed by atoms with Crippen LogP contribution in [0.1, 0.15) is 29.8 Å². The van der Waals surface area contributed by atoms with Gasteiger partial charge < -0.3 is 14.7 Å². The van der Waals surface area contributed by atoms with E-state index in [4.69, 9.17) is 0 Å². The van der Waals surface area contributed by atoms with Gasteiger partial charge in [0, 0.05) is 45.0 Å². The fraction of sp³-hybridized carbons (Fsp3) is 0.450. The number of benzene rings is 1. The zero-order valence-electron chi connectivity index (χ0n) is 15.4. The number of hydrogen-bond acceptors (Lipinski definition) is 5. The number of carbonyl (C=O) groups excluding carboxylic acids is 1. The molecule has 2 saturated heterocycles. The maximum atomic E-state index is 13.1. The number of halogens is 1. The highest BCUT2D eigenvalue weighted by molar-refractivity contribution is 5.92. The minimum atomic E-state index is -0.237. The molecule has 1 aromatic carbocycles. The normalized spacial score (nSPS) is 17.9. The van der Waals surface area contributed by atoms with E-state index < -0.39 is 0 Å². The summed E-state index contributed by atoms with van der Waals surface area (Å²) in [6.45, 7) is 4.69. The number of amides is 1. The molecule has 2 aliphatic heterocycles. The molecule has 0 atom stereocenters. The second-order valence-corrected chi connectivity index (χ2v) is 7.06. The summed E-state index contributed by atoms with van der Waals surface area (Å²) < 4.78 is 13.1. The smallest absolute Gasteiger partial charge is 0.274 e. The van der Waals surface area contributed by atoms with Gasteiger partial charge in [0.25, 0.3) is 5.91 Å². The van der Waals surface area contributed by atoms with Gasteiger partial charge in [0.05, 0.1) is 12.4 Å². The van der Waals surface area contributed by atoms with Gasteiger partial charge in [0.2, 0.25) is 0 Å². The highest BCUT2D eigenvalue weighted by Crippen LogP contribution is 2.19. The van der Waals surface area contributed by atoms with Crippen LogP contribution >= 0.6 is 0 Å². The van der Waals surface area contributed by atoms with Crippen molar-refractivity contribution in [1.29, 1.82) is 0 Å². The van der Waals surface area contributed by atoms with Crippen molar-refractivity contribution >= 4 is 17.4 Å². The van der Waals surface area contributed by atoms with E-state index in [9.17, 15) is 9.18 Å². The first kappa shape index (κ1) is 17.7. The fourth-order valence-electron chi connectivity index (χ4n) is 3.70. The van der Waals surface area contributed by atoms with Gasteiger partial charge in [-0.15, -0.1) is 0 Å². The molecule has 2 fully saturated rings. The lowest BCUT2D eigenvalue weighted by Crippen LogP contribution is -2.49. The quantitative estimate of drug-likeness (QED) is 0.832. The maximum absolute atomic E-state index is 13.1. The second kappa shape index (κ2) is 7.90. The van der Waals surface area contributed by atoms with Crippen molar-refractivity contribution in [1.82, 2.24) is 14.9 Å². The van der Waals surface area contributed by atoms with E-state index >= 15 is 0 Å². The van der Waals surface area contributed by atoms with Crippen molar-refractivity contribution in [2.24, 2.45) is 0 Å². The van der Waals surface area contributed by atoms with Crippen LogP contribution < -0.4 is 9.80 Å². The molecule has 4 rings (SSSR count). The number of piperidine rings is 1. The van der Waals surface area contributed by atoms with E-state index in [0.717, 1.165) is 37.7 Å². The summed E-state index contributed by atoms with van der Waals surface area (Å²) in [5.74, 6) is 0.540. The summed E-state index contributed by atoms with van der Waals surface area (Å²) in [7, 11) is 0. The van der Waals surface area contributed by atoms with Crippen molar-refractivity contribution in [3.8, 4) is 0 Å². The molecular weight excluding hydrogens is 345 g/mol. The zero-order chi connectivity index (χ0) is 18.6. The Morgan fingerprint density at radius 1 is 0.815 bits per heavy atom. The molecule has 0 aliphatic carbocycles. The average Bonchev–Trinajstić information content (AvgIpc) is 2.75. The van der Waals surface area contributed by atoms with Gasteiger partial charge in [-0.05, 0) is 43.5 Å². The van der Waals surface area contributed by atoms with Crippen LogP contribution in [0, 0.1) is 5.82 Å². The Morgan fingerprint density at radius 3 is 2.15 bits per heavy atom. The Kier molecular flexibility index (Phi) is 5.18. The number of hydrogen-bond donors (Lipinski definition) is 0. The Morgan fingerprint density at radius 2 is 1.52 bits per heavy atom. The molecule has 0 bridgehead atoms. The van der Waals surface area contributed by atoms with E-state index in [1.54, 1.807) is 24.5 Å². The minimum Gasteiger partial charge on any atom is -0.368 e. The molecule has 0 N–H and O–H groups in total. The highest BCUT2D eigenvalue weighted by Gasteiger charge is 2.24. The molecule has 27 heavy (non-hydrogen) atoms. The third kappa shape index (κ3) is 4.02. The van der Waals surface area contributed by atoms with Crippen LogP contribution in [0.2, 0.25) is 0 Å². The van der Waals surface area contributed by atoms with Crippen LogP contribution in [-0.2, 0) is 0 Å². The molecule has 6 nitrogen and oxygen atoms in total. The van der Waals surface area contributed by atoms with Gasteiger partial charge in [-0.2, -0.15) is 0 Å². The highest BCUT2D eigenvalue weighted by atomic mass is 19.1. The van der Waals surface area contributed by atoms with E-state index in [1.807, 2.05) is 4.90 Å². The van der Waals surface area contributed by atoms with Crippen LogP contribution in [0.25, 0.3) is 0 Å². The summed E-state index contributed by atoms with van der Waals surface area (Å²) >= 11 is 0. The van der Waals surface area contributed by atoms with E-state index in [-0.39, 0.29) is 11.7 Å². The molecular formula is C20H24FN5O. The Bertz CT molecular complexity index is 766. The molecule has 0 unspecified atom stereocenters. The number of aromatic nitrogens is 2. The van der Waals surface area contributed by atoms with Crippen molar-refractivity contribution in [3.63, 3.8) is 0 Å². The largest absolute Gasteiger partial charge is 0.368 e. The van der Waals surface area contributed by atoms with Crippen LogP contribution in [0.5, 0.6) is 0 Å². The van der Waals surface area contributed by atoms with E-state index in [1.165, 1.54) is 31.4 Å². The van der Waals surface area contributed by atoms with Crippen molar-refractivity contribution in [2.75, 3.05) is 49.1 Å². The monoisotopic (exact) mass is 369 g/mol. The van der Waals surface area contributed by atoms with Crippen molar-refractivity contribution < 1.29 is 9.18 Å². The van der Waals surface area contributed by atoms with Crippen LogP contribution in [0.3, 0.4) is 0 Å². The molecule has 0 radical (unpaired) electrons. The lowest BCUT2D eigenvalue weighted by atomic mass is 10.1. The maximum Gasteiger partial charge on any atom is 0.274 e. The lowest BCUT2D eigenvalue weighted by Gasteiger charge is -2.36. The summed E-state index contributed by atoms with van der Waals surface area (Å²) in [6.07, 6.45) is 6.94. The third-order valence-electron chi connectivity index (χ3n) is 5.30. The summed E-state index contributed by atoms with van der Waals surface area (Å²) in [5, 5.41) is 0. The molecule has 142 valence electrons. The molecule has 1 aromatic heterocycles. The molecule has 7 heteroatoms. The molecule has 1 amide bonds. The predicted octanol–water partition coefficient (Wildman–Crippen LogP) is 2.57. The second-order valence-electron chi connectivity index (χ2n) is 7.06. The third-order valence-corrected chi connectivity index (χ3v) is 5.30. The molecule has 0 saturated carbocycles. The molecule has 2 aliphatic rings. The number of piperazine rings is 1. The van der Waals surface area contributed by atoms with Crippen LogP contribution in [-0.4, -0.2) is 60.0 Å². The number of rotatable bonds is 3. The van der Waals surface area contributed by atoms with Gasteiger partial charge in [-0.25, -0.2) is 14.4 Å². The minimum absolute atomic E-state index is 0.0774. The molecule has 3 heterocycles. The van der Waals surface area contributed by atoms with Gasteiger partial charge in [-0.1, -0.05) is 0 Å². The van der Waals surface area contributed by atoms with Gasteiger partial charge in [-0.3, -0.25) is 4.79 Å². The van der Waals surface area contributed by atoms with Crippen LogP contribution in [0.15, 0.2) is 36.7 Å². The van der Waals surface area contributed by atoms with Crippen molar-refractivity contribution in [3.05, 3.63) is 48.2 Å². The molecule has 0 spiro atoms. The topological polar surface area (TPSA) is 52.6 Å². The van der Waals surface area contributed by atoms with Gasteiger partial charge in [0.15, 0.2) is 0 Å². The predicted molar refractivity (Wildman–Crippen MR) is 103 cm³/mol. The number of anilines is 2. The first-order valence-electron chi connectivity index (χ1n) is 9.57. The fourth-order valence-corrected chi connectivity index (χ4v) is 3.70. The molecule has 2 aromatic rings. The Labute approximate surface area is 158 Å². The van der Waals surface area contributed by atoms with Crippen LogP contribution in [0.4, 0.5) is 15.9 Å². The Hall–Kier alpha value is -2.70. The summed E-state index contributed by atoms with van der Waals surface area (Å²) in [5.41, 5.74) is 1.38. The van der Waals surface area contributed by atoms with E-state index in [2.05, 4.69) is 19.8 Å². The van der Waals surface area contributed by atoms with Crippen molar-refractivity contribution in [2.45, 2.75) is 19.3 Å². The first-order valence-corrected chi connectivity index (χ1v) is 9.57. The summed E-state index contributed by atoms with van der Waals surface area (Å²) in [6, 6.07) is 6.48. The first-order chi connectivity index (χ1) is 13.2. The number of carbonyl (C=O) groups is 1. The van der Waals surface area contributed by atoms with Gasteiger partial charge in [0.1, 0.15) is 17.3 Å². The summed E-state index contributed by atoms with van der Waals surface area (Å²) in [4.78, 5) is 27.7. The lowest BCUT2D eigenvalue weighted by molar-refractivity contribution is 0.0740. The van der Waals surface area contributed by atoms with E-state index in [0.29, 0.717) is 18.8 Å².